The molecule has 2 nitrogen and oxygen atoms in total. The topological polar surface area (TPSA) is 34.1 Å². The first-order chi connectivity index (χ1) is 10.7. The van der Waals surface area contributed by atoms with E-state index in [4.69, 9.17) is 0 Å². The minimum atomic E-state index is 0.203. The van der Waals surface area contributed by atoms with Crippen LogP contribution < -0.4 is 0 Å². The fourth-order valence-electron chi connectivity index (χ4n) is 5.29. The number of hydrogen-bond acceptors (Lipinski definition) is 2. The molecule has 22 heavy (non-hydrogen) atoms. The average Bonchev–Trinajstić information content (AvgIpc) is 2.55. The van der Waals surface area contributed by atoms with E-state index in [0.717, 1.165) is 24.7 Å². The Morgan fingerprint density at radius 2 is 1.41 bits per heavy atom. The molecule has 3 saturated carbocycles. The summed E-state index contributed by atoms with van der Waals surface area (Å²) in [6.45, 7) is 0. The Kier molecular flexibility index (Phi) is 5.71. The number of carbonyl (C=O) groups is 2. The second-order valence-electron chi connectivity index (χ2n) is 8.20. The second-order valence-corrected chi connectivity index (χ2v) is 8.20. The van der Waals surface area contributed by atoms with Gasteiger partial charge in [0.05, 0.1) is 6.42 Å². The number of Topliss-reactive ketones (excluding diaryl/α,β-unsaturated/α-hetero) is 2. The maximum atomic E-state index is 12.5. The van der Waals surface area contributed by atoms with Gasteiger partial charge in [0.2, 0.25) is 0 Å². The summed E-state index contributed by atoms with van der Waals surface area (Å²) < 4.78 is 0. The van der Waals surface area contributed by atoms with E-state index in [9.17, 15) is 9.59 Å². The molecule has 0 amide bonds. The van der Waals surface area contributed by atoms with Crippen molar-refractivity contribution < 1.29 is 9.59 Å². The van der Waals surface area contributed by atoms with E-state index in [1.807, 2.05) is 0 Å². The molecular formula is C20H32O2. The molecule has 0 aromatic heterocycles. The van der Waals surface area contributed by atoms with Gasteiger partial charge in [-0.3, -0.25) is 9.59 Å². The number of hydrogen-bond donors (Lipinski definition) is 0. The van der Waals surface area contributed by atoms with Crippen molar-refractivity contribution in [3.8, 4) is 0 Å². The highest BCUT2D eigenvalue weighted by Gasteiger charge is 2.35. The van der Waals surface area contributed by atoms with Crippen LogP contribution in [0.2, 0.25) is 0 Å². The molecule has 0 aliphatic heterocycles. The number of rotatable bonds is 5. The molecule has 0 aromatic rings. The molecule has 0 N–H and O–H groups in total. The molecule has 3 fully saturated rings. The maximum Gasteiger partial charge on any atom is 0.143 e. The van der Waals surface area contributed by atoms with Crippen LogP contribution in [0, 0.1) is 23.7 Å². The molecule has 3 aliphatic rings. The molecule has 0 heterocycles. The number of carbonyl (C=O) groups excluding carboxylic acids is 2. The third-order valence-corrected chi connectivity index (χ3v) is 6.61. The quantitative estimate of drug-likeness (QED) is 0.663. The Labute approximate surface area is 135 Å². The minimum Gasteiger partial charge on any atom is -0.299 e. The van der Waals surface area contributed by atoms with Crippen molar-refractivity contribution in [1.29, 1.82) is 0 Å². The summed E-state index contributed by atoms with van der Waals surface area (Å²) in [5.74, 6) is 2.94. The van der Waals surface area contributed by atoms with Crippen LogP contribution in [0.15, 0.2) is 0 Å². The summed E-state index contributed by atoms with van der Waals surface area (Å²) in [7, 11) is 0. The molecule has 3 aliphatic carbocycles. The summed E-state index contributed by atoms with van der Waals surface area (Å²) in [4.78, 5) is 24.7. The lowest BCUT2D eigenvalue weighted by molar-refractivity contribution is -0.131. The largest absolute Gasteiger partial charge is 0.299 e. The molecule has 0 radical (unpaired) electrons. The van der Waals surface area contributed by atoms with Crippen LogP contribution in [-0.2, 0) is 9.59 Å². The van der Waals surface area contributed by atoms with Crippen molar-refractivity contribution in [3.63, 3.8) is 0 Å². The zero-order valence-electron chi connectivity index (χ0n) is 14.0. The third kappa shape index (κ3) is 4.20. The van der Waals surface area contributed by atoms with E-state index in [-0.39, 0.29) is 23.9 Å². The molecule has 124 valence electrons. The van der Waals surface area contributed by atoms with Crippen molar-refractivity contribution in [2.45, 2.75) is 89.9 Å². The monoisotopic (exact) mass is 304 g/mol. The lowest BCUT2D eigenvalue weighted by atomic mass is 9.66. The van der Waals surface area contributed by atoms with Crippen molar-refractivity contribution >= 4 is 11.6 Å². The van der Waals surface area contributed by atoms with Crippen molar-refractivity contribution in [3.05, 3.63) is 0 Å². The minimum absolute atomic E-state index is 0.203. The Bertz CT molecular complexity index is 395. The van der Waals surface area contributed by atoms with Gasteiger partial charge in [0.25, 0.3) is 0 Å². The maximum absolute atomic E-state index is 12.5. The summed E-state index contributed by atoms with van der Waals surface area (Å²) in [5, 5.41) is 0. The van der Waals surface area contributed by atoms with Crippen LogP contribution in [0.1, 0.15) is 89.9 Å². The predicted octanol–water partition coefficient (Wildman–Crippen LogP) is 5.09. The van der Waals surface area contributed by atoms with Crippen LogP contribution in [0.25, 0.3) is 0 Å². The molecule has 0 aromatic carbocycles. The predicted molar refractivity (Wildman–Crippen MR) is 88.6 cm³/mol. The van der Waals surface area contributed by atoms with Gasteiger partial charge in [-0.15, -0.1) is 0 Å². The Morgan fingerprint density at radius 3 is 2.18 bits per heavy atom. The number of ketones is 2. The lowest BCUT2D eigenvalue weighted by Gasteiger charge is -2.38. The molecule has 3 unspecified atom stereocenters. The van der Waals surface area contributed by atoms with Gasteiger partial charge in [-0.05, 0) is 37.0 Å². The molecule has 3 atom stereocenters. The zero-order chi connectivity index (χ0) is 15.4. The molecular weight excluding hydrogens is 272 g/mol. The first-order valence-electron chi connectivity index (χ1n) is 9.77. The lowest BCUT2D eigenvalue weighted by Crippen LogP contribution is -2.32. The molecule has 3 rings (SSSR count). The van der Waals surface area contributed by atoms with Crippen LogP contribution >= 0.6 is 0 Å². The molecule has 0 bridgehead atoms. The van der Waals surface area contributed by atoms with Gasteiger partial charge < -0.3 is 0 Å². The van der Waals surface area contributed by atoms with E-state index in [1.165, 1.54) is 64.2 Å². The van der Waals surface area contributed by atoms with Crippen LogP contribution in [-0.4, -0.2) is 11.6 Å². The Balaban J connectivity index is 1.44. The first-order valence-corrected chi connectivity index (χ1v) is 9.77. The van der Waals surface area contributed by atoms with Crippen LogP contribution in [0.5, 0.6) is 0 Å². The van der Waals surface area contributed by atoms with Crippen molar-refractivity contribution in [2.75, 3.05) is 0 Å². The highest BCUT2D eigenvalue weighted by molar-refractivity contribution is 6.00. The van der Waals surface area contributed by atoms with Gasteiger partial charge in [-0.25, -0.2) is 0 Å². The molecule has 0 spiro atoms. The van der Waals surface area contributed by atoms with E-state index >= 15 is 0 Å². The van der Waals surface area contributed by atoms with Crippen LogP contribution in [0.4, 0.5) is 0 Å². The van der Waals surface area contributed by atoms with E-state index in [2.05, 4.69) is 0 Å². The van der Waals surface area contributed by atoms with Gasteiger partial charge >= 0.3 is 0 Å². The van der Waals surface area contributed by atoms with Crippen molar-refractivity contribution in [2.24, 2.45) is 23.7 Å². The van der Waals surface area contributed by atoms with E-state index in [0.29, 0.717) is 12.3 Å². The summed E-state index contributed by atoms with van der Waals surface area (Å²) in [5.41, 5.74) is 0. The van der Waals surface area contributed by atoms with Crippen LogP contribution in [0.3, 0.4) is 0 Å². The van der Waals surface area contributed by atoms with Gasteiger partial charge in [-0.1, -0.05) is 57.8 Å². The van der Waals surface area contributed by atoms with Crippen molar-refractivity contribution in [1.82, 2.24) is 0 Å². The van der Waals surface area contributed by atoms with Gasteiger partial charge in [0, 0.05) is 12.3 Å². The van der Waals surface area contributed by atoms with E-state index in [1.54, 1.807) is 0 Å². The molecule has 0 saturated heterocycles. The molecule has 2 heteroatoms. The highest BCUT2D eigenvalue weighted by atomic mass is 16.1. The summed E-state index contributed by atoms with van der Waals surface area (Å²) in [6, 6.07) is 0. The highest BCUT2D eigenvalue weighted by Crippen LogP contribution is 2.43. The third-order valence-electron chi connectivity index (χ3n) is 6.61. The standard InChI is InChI=1S/C20H32O2/c21-19(12-15-6-2-1-3-7-15)14-20(22)18-11-10-16-8-4-5-9-17(16)13-18/h15-18H,1-14H2. The Morgan fingerprint density at radius 1 is 0.727 bits per heavy atom. The average molecular weight is 304 g/mol. The Hall–Kier alpha value is -0.660. The van der Waals surface area contributed by atoms with Gasteiger partial charge in [-0.2, -0.15) is 0 Å². The zero-order valence-corrected chi connectivity index (χ0v) is 14.0. The van der Waals surface area contributed by atoms with Gasteiger partial charge in [0.15, 0.2) is 0 Å². The van der Waals surface area contributed by atoms with E-state index < -0.39 is 0 Å². The van der Waals surface area contributed by atoms with Gasteiger partial charge in [0.1, 0.15) is 11.6 Å². The number of fused-ring (bicyclic) bond motifs is 1. The smallest absolute Gasteiger partial charge is 0.143 e. The first kappa shape index (κ1) is 16.2. The second kappa shape index (κ2) is 7.75. The fourth-order valence-corrected chi connectivity index (χ4v) is 5.29. The summed E-state index contributed by atoms with van der Waals surface area (Å²) >= 11 is 0. The summed E-state index contributed by atoms with van der Waals surface area (Å²) in [6.07, 6.45) is 16.0. The fraction of sp³-hybridized carbons (Fsp3) is 0.900. The SMILES string of the molecule is O=C(CC(=O)C1CCC2CCCCC2C1)CC1CCCCC1. The normalized spacial score (nSPS) is 33.2.